The number of benzene rings is 1. The molecule has 0 atom stereocenters. The van der Waals surface area contributed by atoms with Crippen molar-refractivity contribution in [1.82, 2.24) is 0 Å². The molecular formula is C9H8CoFeMoNiO. The minimum absolute atomic E-state index is 0. The Labute approximate surface area is 129 Å². The van der Waals surface area contributed by atoms with Crippen LogP contribution >= 0.6 is 0 Å². The van der Waals surface area contributed by atoms with E-state index in [1.165, 1.54) is 5.56 Å². The zero-order valence-corrected chi connectivity index (χ0v) is 12.1. The molecule has 0 unspecified atom stereocenters. The molecule has 2 rings (SSSR count). The third-order valence-corrected chi connectivity index (χ3v) is 1.55. The van der Waals surface area contributed by atoms with Gasteiger partial charge in [-0.3, -0.25) is 0 Å². The molecule has 0 N–H and O–H groups in total. The molecule has 83 valence electrons. The van der Waals surface area contributed by atoms with Gasteiger partial charge in [0.25, 0.3) is 0 Å². The summed E-state index contributed by atoms with van der Waals surface area (Å²) in [5, 5.41) is 0. The van der Waals surface area contributed by atoms with Crippen LogP contribution in [-0.2, 0) is 71.4 Å². The number of ether oxygens (including phenoxy) is 1. The molecule has 1 heterocycles. The quantitative estimate of drug-likeness (QED) is 0.605. The van der Waals surface area contributed by atoms with Gasteiger partial charge >= 0.3 is 0 Å². The smallest absolute Gasteiger partial charge is 0.126 e. The van der Waals surface area contributed by atoms with Crippen LogP contribution < -0.4 is 4.74 Å². The molecule has 0 saturated carbocycles. The van der Waals surface area contributed by atoms with Crippen molar-refractivity contribution in [2.75, 3.05) is 6.61 Å². The fraction of sp³-hybridized carbons (Fsp3) is 0.111. The Kier molecular flexibility index (Phi) is 15.3. The van der Waals surface area contributed by atoms with E-state index in [2.05, 4.69) is 6.08 Å². The van der Waals surface area contributed by atoms with E-state index in [9.17, 15) is 0 Å². The molecule has 0 amide bonds. The summed E-state index contributed by atoms with van der Waals surface area (Å²) in [5.74, 6) is 0.991. The van der Waals surface area contributed by atoms with Crippen molar-refractivity contribution < 1.29 is 76.1 Å². The van der Waals surface area contributed by atoms with Crippen LogP contribution in [0.25, 0.3) is 6.08 Å². The van der Waals surface area contributed by atoms with Crippen LogP contribution in [0.2, 0.25) is 0 Å². The Morgan fingerprint density at radius 3 is 2.43 bits per heavy atom. The van der Waals surface area contributed by atoms with Crippen molar-refractivity contribution in [1.29, 1.82) is 0 Å². The molecule has 0 fully saturated rings. The Balaban J connectivity index is -0.000000302. The van der Waals surface area contributed by atoms with E-state index in [0.29, 0.717) is 6.61 Å². The number of para-hydroxylation sites is 1. The van der Waals surface area contributed by atoms with Gasteiger partial charge < -0.3 is 4.74 Å². The number of rotatable bonds is 0. The zero-order valence-electron chi connectivity index (χ0n) is 6.99. The standard InChI is InChI=1S/C9H8O.Co.Fe.Mo.Ni/c1-2-6-9-8(4-1)5-3-7-10-9;;;;/h1-6H,7H2;;;;. The summed E-state index contributed by atoms with van der Waals surface area (Å²) in [5.41, 5.74) is 1.17. The summed E-state index contributed by atoms with van der Waals surface area (Å²) in [4.78, 5) is 0. The van der Waals surface area contributed by atoms with Crippen LogP contribution in [0.5, 0.6) is 5.75 Å². The van der Waals surface area contributed by atoms with Crippen molar-refractivity contribution in [2.24, 2.45) is 0 Å². The second-order valence-corrected chi connectivity index (χ2v) is 2.25. The van der Waals surface area contributed by atoms with Gasteiger partial charge in [0, 0.05) is 77.0 Å². The second kappa shape index (κ2) is 10.5. The average Bonchev–Trinajstić information content (AvgIpc) is 2.05. The van der Waals surface area contributed by atoms with E-state index in [0.717, 1.165) is 5.75 Å². The Morgan fingerprint density at radius 1 is 1.14 bits per heavy atom. The van der Waals surface area contributed by atoms with Crippen LogP contribution in [0, 0.1) is 0 Å². The topological polar surface area (TPSA) is 9.23 Å². The SMILES string of the molecule is C1=Cc2ccccc2OC1.[Co].[Fe].[Mo].[Ni]. The first-order chi connectivity index (χ1) is 4.97. The maximum Gasteiger partial charge on any atom is 0.126 e. The van der Waals surface area contributed by atoms with Gasteiger partial charge in [0.2, 0.25) is 0 Å². The molecule has 1 nitrogen and oxygen atoms in total. The minimum atomic E-state index is 0. The van der Waals surface area contributed by atoms with Gasteiger partial charge in [-0.05, 0) is 12.1 Å². The third-order valence-electron chi connectivity index (χ3n) is 1.55. The van der Waals surface area contributed by atoms with Gasteiger partial charge in [-0.2, -0.15) is 0 Å². The van der Waals surface area contributed by atoms with Gasteiger partial charge in [0.05, 0.1) is 0 Å². The predicted molar refractivity (Wildman–Crippen MR) is 41.0 cm³/mol. The first-order valence-corrected chi connectivity index (χ1v) is 3.35. The van der Waals surface area contributed by atoms with E-state index in [1.807, 2.05) is 30.3 Å². The van der Waals surface area contributed by atoms with Crippen molar-refractivity contribution in [2.45, 2.75) is 0 Å². The molecule has 0 aromatic heterocycles. The molecule has 14 heavy (non-hydrogen) atoms. The van der Waals surface area contributed by atoms with E-state index >= 15 is 0 Å². The Hall–Kier alpha value is 0.968. The van der Waals surface area contributed by atoms with Crippen LogP contribution in [-0.4, -0.2) is 6.61 Å². The van der Waals surface area contributed by atoms with E-state index in [1.54, 1.807) is 0 Å². The summed E-state index contributed by atoms with van der Waals surface area (Å²) in [6.07, 6.45) is 4.10. The zero-order chi connectivity index (χ0) is 6.81. The van der Waals surface area contributed by atoms with Gasteiger partial charge in [0.15, 0.2) is 0 Å². The summed E-state index contributed by atoms with van der Waals surface area (Å²) in [6.45, 7) is 0.705. The number of fused-ring (bicyclic) bond motifs is 1. The molecule has 0 bridgehead atoms. The fourth-order valence-electron chi connectivity index (χ4n) is 1.06. The maximum absolute atomic E-state index is 5.34. The van der Waals surface area contributed by atoms with E-state index in [4.69, 9.17) is 4.74 Å². The Morgan fingerprint density at radius 2 is 1.79 bits per heavy atom. The molecule has 1 radical (unpaired) electrons. The summed E-state index contributed by atoms with van der Waals surface area (Å²) >= 11 is 0. The van der Waals surface area contributed by atoms with Gasteiger partial charge in [0.1, 0.15) is 12.4 Å². The Bertz CT molecular complexity index is 283. The largest absolute Gasteiger partial charge is 0.489 e. The van der Waals surface area contributed by atoms with Gasteiger partial charge in [-0.25, -0.2) is 0 Å². The molecule has 0 spiro atoms. The number of hydrogen-bond donors (Lipinski definition) is 0. The summed E-state index contributed by atoms with van der Waals surface area (Å²) in [6, 6.07) is 8.03. The van der Waals surface area contributed by atoms with Crippen molar-refractivity contribution in [3.05, 3.63) is 35.9 Å². The predicted octanol–water partition coefficient (Wildman–Crippen LogP) is 2.08. The third kappa shape index (κ3) is 5.16. The molecule has 1 aliphatic heterocycles. The van der Waals surface area contributed by atoms with Crippen LogP contribution in [0.3, 0.4) is 0 Å². The molecule has 5 heteroatoms. The maximum atomic E-state index is 5.34. The normalized spacial score (nSPS) is 10.0. The molecule has 0 saturated heterocycles. The van der Waals surface area contributed by atoms with Crippen LogP contribution in [0.4, 0.5) is 0 Å². The number of hydrogen-bond acceptors (Lipinski definition) is 1. The van der Waals surface area contributed by atoms with Crippen LogP contribution in [0.15, 0.2) is 30.3 Å². The molecule has 0 aliphatic carbocycles. The first kappa shape index (κ1) is 20.4. The molecule has 1 aromatic carbocycles. The first-order valence-electron chi connectivity index (χ1n) is 3.35. The van der Waals surface area contributed by atoms with E-state index in [-0.39, 0.29) is 71.4 Å². The molecule has 1 aliphatic rings. The molecule has 1 aromatic rings. The summed E-state index contributed by atoms with van der Waals surface area (Å²) in [7, 11) is 0. The molecular weight excluding hydrogens is 394 g/mol. The summed E-state index contributed by atoms with van der Waals surface area (Å²) < 4.78 is 5.34. The van der Waals surface area contributed by atoms with E-state index < -0.39 is 0 Å². The average molecular weight is 402 g/mol. The second-order valence-electron chi connectivity index (χ2n) is 2.25. The minimum Gasteiger partial charge on any atom is -0.489 e. The van der Waals surface area contributed by atoms with Gasteiger partial charge in [-0.15, -0.1) is 0 Å². The van der Waals surface area contributed by atoms with Gasteiger partial charge in [-0.1, -0.05) is 24.3 Å². The van der Waals surface area contributed by atoms with Crippen LogP contribution in [0.1, 0.15) is 5.56 Å². The van der Waals surface area contributed by atoms with Crippen molar-refractivity contribution in [3.63, 3.8) is 0 Å². The monoisotopic (exact) mass is 403 g/mol. The fourth-order valence-corrected chi connectivity index (χ4v) is 1.06. The van der Waals surface area contributed by atoms with Crippen molar-refractivity contribution in [3.8, 4) is 5.75 Å². The van der Waals surface area contributed by atoms with Crippen molar-refractivity contribution >= 4 is 6.08 Å².